The second kappa shape index (κ2) is 5.92. The van der Waals surface area contributed by atoms with Crippen LogP contribution in [0.25, 0.3) is 0 Å². The van der Waals surface area contributed by atoms with Crippen molar-refractivity contribution in [3.8, 4) is 6.07 Å². The molecule has 0 N–H and O–H groups in total. The first-order chi connectivity index (χ1) is 9.19. The monoisotopic (exact) mass is 253 g/mol. The summed E-state index contributed by atoms with van der Waals surface area (Å²) in [4.78, 5) is 12.0. The van der Waals surface area contributed by atoms with Crippen molar-refractivity contribution in [3.05, 3.63) is 71.0 Å². The van der Waals surface area contributed by atoms with E-state index in [1.54, 1.807) is 36.4 Å². The molecule has 0 heterocycles. The van der Waals surface area contributed by atoms with Crippen LogP contribution in [0.15, 0.2) is 48.5 Å². The van der Waals surface area contributed by atoms with Gasteiger partial charge in [-0.25, -0.2) is 4.39 Å². The molecule has 2 aromatic carbocycles. The lowest BCUT2D eigenvalue weighted by Gasteiger charge is -2.02. The first kappa shape index (κ1) is 13.0. The summed E-state index contributed by atoms with van der Waals surface area (Å²) in [6.45, 7) is 0. The molecule has 0 aromatic heterocycles. The van der Waals surface area contributed by atoms with Crippen molar-refractivity contribution in [2.24, 2.45) is 0 Å². The van der Waals surface area contributed by atoms with Crippen molar-refractivity contribution in [2.45, 2.75) is 12.8 Å². The SMILES string of the molecule is N#Cc1cccc(C(=O)CCc2cccc(F)c2)c1. The number of benzene rings is 2. The van der Waals surface area contributed by atoms with Crippen LogP contribution in [-0.2, 0) is 6.42 Å². The van der Waals surface area contributed by atoms with Gasteiger partial charge < -0.3 is 0 Å². The van der Waals surface area contributed by atoms with Gasteiger partial charge in [0.1, 0.15) is 5.82 Å². The largest absolute Gasteiger partial charge is 0.294 e. The summed E-state index contributed by atoms with van der Waals surface area (Å²) in [6, 6.07) is 14.8. The number of nitrogens with zero attached hydrogens (tertiary/aromatic N) is 1. The maximum absolute atomic E-state index is 13.0. The molecular weight excluding hydrogens is 241 g/mol. The minimum Gasteiger partial charge on any atom is -0.294 e. The van der Waals surface area contributed by atoms with Gasteiger partial charge in [-0.2, -0.15) is 5.26 Å². The predicted molar refractivity (Wildman–Crippen MR) is 70.2 cm³/mol. The summed E-state index contributed by atoms with van der Waals surface area (Å²) < 4.78 is 13.0. The van der Waals surface area contributed by atoms with Crippen molar-refractivity contribution in [3.63, 3.8) is 0 Å². The smallest absolute Gasteiger partial charge is 0.163 e. The Hall–Kier alpha value is -2.47. The van der Waals surface area contributed by atoms with E-state index >= 15 is 0 Å². The van der Waals surface area contributed by atoms with Gasteiger partial charge in [0.05, 0.1) is 11.6 Å². The highest BCUT2D eigenvalue weighted by Gasteiger charge is 2.07. The molecule has 0 radical (unpaired) electrons. The standard InChI is InChI=1S/C16H12FNO/c17-15-6-2-3-12(10-15)7-8-16(19)14-5-1-4-13(9-14)11-18/h1-6,9-10H,7-8H2. The third kappa shape index (κ3) is 3.49. The van der Waals surface area contributed by atoms with Crippen molar-refractivity contribution < 1.29 is 9.18 Å². The number of ketones is 1. The molecule has 0 aliphatic rings. The van der Waals surface area contributed by atoms with Crippen molar-refractivity contribution in [1.82, 2.24) is 0 Å². The average Bonchev–Trinajstić information content (AvgIpc) is 2.45. The van der Waals surface area contributed by atoms with Gasteiger partial charge in [0.25, 0.3) is 0 Å². The quantitative estimate of drug-likeness (QED) is 0.782. The first-order valence-corrected chi connectivity index (χ1v) is 5.97. The molecule has 2 rings (SSSR count). The molecule has 2 aromatic rings. The number of carbonyl (C=O) groups excluding carboxylic acids is 1. The van der Waals surface area contributed by atoms with E-state index in [2.05, 4.69) is 0 Å². The summed E-state index contributed by atoms with van der Waals surface area (Å²) in [5, 5.41) is 8.78. The normalized spacial score (nSPS) is 9.89. The van der Waals surface area contributed by atoms with E-state index in [4.69, 9.17) is 5.26 Å². The van der Waals surface area contributed by atoms with Crippen LogP contribution in [0, 0.1) is 17.1 Å². The van der Waals surface area contributed by atoms with E-state index in [1.807, 2.05) is 6.07 Å². The highest BCUT2D eigenvalue weighted by atomic mass is 19.1. The van der Waals surface area contributed by atoms with Gasteiger partial charge in [-0.1, -0.05) is 24.3 Å². The summed E-state index contributed by atoms with van der Waals surface area (Å²) in [7, 11) is 0. The minimum absolute atomic E-state index is 0.0404. The maximum atomic E-state index is 13.0. The third-order valence-electron chi connectivity index (χ3n) is 2.84. The molecule has 0 aliphatic heterocycles. The highest BCUT2D eigenvalue weighted by molar-refractivity contribution is 5.96. The Morgan fingerprint density at radius 3 is 2.68 bits per heavy atom. The third-order valence-corrected chi connectivity index (χ3v) is 2.84. The maximum Gasteiger partial charge on any atom is 0.163 e. The number of hydrogen-bond acceptors (Lipinski definition) is 2. The fourth-order valence-corrected chi connectivity index (χ4v) is 1.86. The van der Waals surface area contributed by atoms with Crippen molar-refractivity contribution >= 4 is 5.78 Å². The highest BCUT2D eigenvalue weighted by Crippen LogP contribution is 2.11. The summed E-state index contributed by atoms with van der Waals surface area (Å²) in [6.07, 6.45) is 0.797. The van der Waals surface area contributed by atoms with E-state index in [0.717, 1.165) is 5.56 Å². The molecule has 0 saturated heterocycles. The lowest BCUT2D eigenvalue weighted by molar-refractivity contribution is 0.0983. The lowest BCUT2D eigenvalue weighted by atomic mass is 10.0. The molecular formula is C16H12FNO. The minimum atomic E-state index is -0.295. The second-order valence-corrected chi connectivity index (χ2v) is 4.25. The zero-order valence-corrected chi connectivity index (χ0v) is 10.3. The second-order valence-electron chi connectivity index (χ2n) is 4.25. The van der Waals surface area contributed by atoms with E-state index in [9.17, 15) is 9.18 Å². The number of hydrogen-bond donors (Lipinski definition) is 0. The number of halogens is 1. The summed E-state index contributed by atoms with van der Waals surface area (Å²) >= 11 is 0. The van der Waals surface area contributed by atoms with Gasteiger partial charge >= 0.3 is 0 Å². The van der Waals surface area contributed by atoms with Gasteiger partial charge in [-0.15, -0.1) is 0 Å². The molecule has 0 saturated carbocycles. The van der Waals surface area contributed by atoms with Crippen LogP contribution in [-0.4, -0.2) is 5.78 Å². The fraction of sp³-hybridized carbons (Fsp3) is 0.125. The lowest BCUT2D eigenvalue weighted by Crippen LogP contribution is -2.01. The van der Waals surface area contributed by atoms with Crippen LogP contribution in [0.3, 0.4) is 0 Å². The Morgan fingerprint density at radius 1 is 1.16 bits per heavy atom. The van der Waals surface area contributed by atoms with Gasteiger partial charge in [-0.05, 0) is 36.2 Å². The molecule has 94 valence electrons. The Morgan fingerprint density at radius 2 is 1.95 bits per heavy atom. The Kier molecular flexibility index (Phi) is 4.04. The number of nitriles is 1. The Balaban J connectivity index is 2.03. The Bertz CT molecular complexity index is 643. The molecule has 0 unspecified atom stereocenters. The van der Waals surface area contributed by atoms with Gasteiger partial charge in [0.15, 0.2) is 5.78 Å². The summed E-state index contributed by atoms with van der Waals surface area (Å²) in [5.41, 5.74) is 1.79. The number of rotatable bonds is 4. The molecule has 0 atom stereocenters. The summed E-state index contributed by atoms with van der Waals surface area (Å²) in [5.74, 6) is -0.335. The van der Waals surface area contributed by atoms with Crippen LogP contribution in [0.1, 0.15) is 27.9 Å². The topological polar surface area (TPSA) is 40.9 Å². The van der Waals surface area contributed by atoms with Crippen molar-refractivity contribution in [2.75, 3.05) is 0 Å². The predicted octanol–water partition coefficient (Wildman–Crippen LogP) is 3.51. The van der Waals surface area contributed by atoms with Gasteiger partial charge in [0.2, 0.25) is 0 Å². The molecule has 0 bridgehead atoms. The van der Waals surface area contributed by atoms with Gasteiger partial charge in [-0.3, -0.25) is 4.79 Å². The molecule has 0 spiro atoms. The average molecular weight is 253 g/mol. The molecule has 3 heteroatoms. The number of carbonyl (C=O) groups is 1. The van der Waals surface area contributed by atoms with E-state index in [0.29, 0.717) is 24.0 Å². The van der Waals surface area contributed by atoms with Crippen molar-refractivity contribution in [1.29, 1.82) is 5.26 Å². The van der Waals surface area contributed by atoms with Gasteiger partial charge in [0, 0.05) is 12.0 Å². The zero-order chi connectivity index (χ0) is 13.7. The molecule has 0 aliphatic carbocycles. The zero-order valence-electron chi connectivity index (χ0n) is 10.3. The van der Waals surface area contributed by atoms with Crippen LogP contribution < -0.4 is 0 Å². The molecule has 2 nitrogen and oxygen atoms in total. The molecule has 0 amide bonds. The Labute approximate surface area is 111 Å². The van der Waals surface area contributed by atoms with Crippen LogP contribution in [0.2, 0.25) is 0 Å². The molecule has 0 fully saturated rings. The number of aryl methyl sites for hydroxylation is 1. The van der Waals surface area contributed by atoms with Crippen LogP contribution in [0.4, 0.5) is 4.39 Å². The van der Waals surface area contributed by atoms with E-state index in [1.165, 1.54) is 12.1 Å². The molecule has 19 heavy (non-hydrogen) atoms. The van der Waals surface area contributed by atoms with Crippen LogP contribution in [0.5, 0.6) is 0 Å². The fourth-order valence-electron chi connectivity index (χ4n) is 1.86. The first-order valence-electron chi connectivity index (χ1n) is 5.97. The van der Waals surface area contributed by atoms with E-state index in [-0.39, 0.29) is 11.6 Å². The van der Waals surface area contributed by atoms with E-state index < -0.39 is 0 Å². The van der Waals surface area contributed by atoms with Crippen LogP contribution >= 0.6 is 0 Å². The number of Topliss-reactive ketones (excluding diaryl/α,β-unsaturated/α-hetero) is 1.